The zero-order valence-electron chi connectivity index (χ0n) is 14.7. The number of rotatable bonds is 7. The van der Waals surface area contributed by atoms with Crippen molar-refractivity contribution in [2.45, 2.75) is 20.4 Å². The normalized spacial score (nSPS) is 11.2. The van der Waals surface area contributed by atoms with Gasteiger partial charge >= 0.3 is 0 Å². The van der Waals surface area contributed by atoms with Crippen LogP contribution in [0.4, 0.5) is 5.69 Å². The molecule has 2 N–H and O–H groups in total. The molecule has 1 aromatic heterocycles. The van der Waals surface area contributed by atoms with Gasteiger partial charge in [0.15, 0.2) is 17.5 Å². The van der Waals surface area contributed by atoms with Gasteiger partial charge in [-0.25, -0.2) is 0 Å². The minimum atomic E-state index is 0.596. The summed E-state index contributed by atoms with van der Waals surface area (Å²) in [6, 6.07) is 5.69. The van der Waals surface area contributed by atoms with E-state index in [1.54, 1.807) is 14.2 Å². The predicted octanol–water partition coefficient (Wildman–Crippen LogP) is 2.29. The predicted molar refractivity (Wildman–Crippen MR) is 96.1 cm³/mol. The molecule has 0 aliphatic rings. The molecule has 0 saturated heterocycles. The third-order valence-corrected chi connectivity index (χ3v) is 3.35. The summed E-state index contributed by atoms with van der Waals surface area (Å²) in [6.45, 7) is 6.05. The maximum atomic E-state index is 5.52. The van der Waals surface area contributed by atoms with Crippen LogP contribution in [0.1, 0.15) is 12.5 Å². The van der Waals surface area contributed by atoms with E-state index in [0.717, 1.165) is 30.1 Å². The lowest BCUT2D eigenvalue weighted by molar-refractivity contribution is 0.311. The molecule has 0 bridgehead atoms. The summed E-state index contributed by atoms with van der Waals surface area (Å²) < 4.78 is 12.8. The molecule has 24 heavy (non-hydrogen) atoms. The Hall–Kier alpha value is -2.70. The van der Waals surface area contributed by atoms with Crippen LogP contribution in [-0.4, -0.2) is 43.0 Å². The number of nitrogens with zero attached hydrogens (tertiary/aromatic N) is 3. The van der Waals surface area contributed by atoms with Gasteiger partial charge in [-0.1, -0.05) is 0 Å². The standard InChI is InChI=1S/C17H25N5O2/c1-5-24-15-7-6-14(10-16(15)23-4)21-17(18-3)19-8-9-22-12-13(2)11-20-22/h6-7,10-12H,5,8-9H2,1-4H3,(H2,18,19,21). The number of benzene rings is 1. The Morgan fingerprint density at radius 3 is 2.79 bits per heavy atom. The second-order valence-electron chi connectivity index (χ2n) is 5.20. The lowest BCUT2D eigenvalue weighted by Gasteiger charge is -2.14. The van der Waals surface area contributed by atoms with E-state index in [1.165, 1.54) is 0 Å². The van der Waals surface area contributed by atoms with Crippen molar-refractivity contribution >= 4 is 11.6 Å². The van der Waals surface area contributed by atoms with Gasteiger partial charge in [-0.2, -0.15) is 5.10 Å². The second-order valence-corrected chi connectivity index (χ2v) is 5.20. The summed E-state index contributed by atoms with van der Waals surface area (Å²) in [5.74, 6) is 2.09. The zero-order valence-corrected chi connectivity index (χ0v) is 14.7. The fourth-order valence-corrected chi connectivity index (χ4v) is 2.21. The first-order valence-corrected chi connectivity index (χ1v) is 7.93. The van der Waals surface area contributed by atoms with E-state index in [9.17, 15) is 0 Å². The first-order chi connectivity index (χ1) is 11.7. The highest BCUT2D eigenvalue weighted by Gasteiger charge is 2.07. The van der Waals surface area contributed by atoms with Crippen LogP contribution in [0.15, 0.2) is 35.6 Å². The number of guanidine groups is 1. The Morgan fingerprint density at radius 2 is 2.17 bits per heavy atom. The third kappa shape index (κ3) is 4.91. The summed E-state index contributed by atoms with van der Waals surface area (Å²) >= 11 is 0. The quantitative estimate of drug-likeness (QED) is 0.601. The average molecular weight is 331 g/mol. The van der Waals surface area contributed by atoms with Crippen molar-refractivity contribution in [3.63, 3.8) is 0 Å². The molecular formula is C17H25N5O2. The Labute approximate surface area is 142 Å². The lowest BCUT2D eigenvalue weighted by atomic mass is 10.2. The van der Waals surface area contributed by atoms with Crippen LogP contribution in [-0.2, 0) is 6.54 Å². The van der Waals surface area contributed by atoms with Crippen molar-refractivity contribution in [1.82, 2.24) is 15.1 Å². The van der Waals surface area contributed by atoms with E-state index in [0.29, 0.717) is 18.3 Å². The minimum absolute atomic E-state index is 0.596. The van der Waals surface area contributed by atoms with Crippen LogP contribution in [0.5, 0.6) is 11.5 Å². The second kappa shape index (κ2) is 8.81. The van der Waals surface area contributed by atoms with Crippen LogP contribution in [0, 0.1) is 6.92 Å². The van der Waals surface area contributed by atoms with E-state index in [1.807, 2.05) is 49.1 Å². The molecule has 0 amide bonds. The van der Waals surface area contributed by atoms with E-state index in [-0.39, 0.29) is 0 Å². The fourth-order valence-electron chi connectivity index (χ4n) is 2.21. The Bertz CT molecular complexity index is 681. The van der Waals surface area contributed by atoms with Gasteiger partial charge < -0.3 is 20.1 Å². The van der Waals surface area contributed by atoms with Gasteiger partial charge in [0, 0.05) is 31.5 Å². The number of aliphatic imine (C=N–C) groups is 1. The van der Waals surface area contributed by atoms with Gasteiger partial charge in [0.25, 0.3) is 0 Å². The summed E-state index contributed by atoms with van der Waals surface area (Å²) in [5.41, 5.74) is 2.03. The maximum Gasteiger partial charge on any atom is 0.195 e. The van der Waals surface area contributed by atoms with Crippen LogP contribution in [0.25, 0.3) is 0 Å². The maximum absolute atomic E-state index is 5.52. The molecule has 2 rings (SSSR count). The van der Waals surface area contributed by atoms with Crippen molar-refractivity contribution in [3.05, 3.63) is 36.2 Å². The fraction of sp³-hybridized carbons (Fsp3) is 0.412. The number of hydrogen-bond acceptors (Lipinski definition) is 4. The highest BCUT2D eigenvalue weighted by atomic mass is 16.5. The lowest BCUT2D eigenvalue weighted by Crippen LogP contribution is -2.33. The Kier molecular flexibility index (Phi) is 6.48. The molecule has 0 aliphatic heterocycles. The Balaban J connectivity index is 1.92. The molecule has 2 aromatic rings. The summed E-state index contributed by atoms with van der Waals surface area (Å²) in [4.78, 5) is 4.23. The molecule has 1 aromatic carbocycles. The molecule has 0 radical (unpaired) electrons. The third-order valence-electron chi connectivity index (χ3n) is 3.35. The number of anilines is 1. The largest absolute Gasteiger partial charge is 0.493 e. The van der Waals surface area contributed by atoms with Gasteiger partial charge in [-0.15, -0.1) is 0 Å². The molecule has 7 nitrogen and oxygen atoms in total. The number of ether oxygens (including phenoxy) is 2. The van der Waals surface area contributed by atoms with Crippen molar-refractivity contribution < 1.29 is 9.47 Å². The van der Waals surface area contributed by atoms with Gasteiger partial charge in [-0.3, -0.25) is 9.67 Å². The van der Waals surface area contributed by atoms with E-state index >= 15 is 0 Å². The number of hydrogen-bond donors (Lipinski definition) is 2. The van der Waals surface area contributed by atoms with Gasteiger partial charge in [0.2, 0.25) is 0 Å². The topological polar surface area (TPSA) is 72.7 Å². The Morgan fingerprint density at radius 1 is 1.33 bits per heavy atom. The molecule has 0 spiro atoms. The summed E-state index contributed by atoms with van der Waals surface area (Å²) in [6.07, 6.45) is 3.86. The zero-order chi connectivity index (χ0) is 17.4. The first-order valence-electron chi connectivity index (χ1n) is 7.93. The average Bonchev–Trinajstić information content (AvgIpc) is 3.00. The highest BCUT2D eigenvalue weighted by molar-refractivity contribution is 5.93. The van der Waals surface area contributed by atoms with Crippen LogP contribution in [0.2, 0.25) is 0 Å². The van der Waals surface area contributed by atoms with E-state index in [2.05, 4.69) is 20.7 Å². The molecule has 0 unspecified atom stereocenters. The molecule has 0 saturated carbocycles. The van der Waals surface area contributed by atoms with Gasteiger partial charge in [-0.05, 0) is 31.5 Å². The number of aryl methyl sites for hydroxylation is 1. The summed E-state index contributed by atoms with van der Waals surface area (Å²) in [7, 11) is 3.36. The molecule has 0 aliphatic carbocycles. The molecule has 0 atom stereocenters. The molecule has 130 valence electrons. The van der Waals surface area contributed by atoms with Gasteiger partial charge in [0.1, 0.15) is 0 Å². The van der Waals surface area contributed by atoms with Crippen molar-refractivity contribution in [2.24, 2.45) is 4.99 Å². The SMILES string of the molecule is CCOc1ccc(NC(=NC)NCCn2cc(C)cn2)cc1OC. The smallest absolute Gasteiger partial charge is 0.195 e. The first kappa shape index (κ1) is 17.7. The minimum Gasteiger partial charge on any atom is -0.493 e. The number of methoxy groups -OCH3 is 1. The van der Waals surface area contributed by atoms with Crippen molar-refractivity contribution in [1.29, 1.82) is 0 Å². The molecule has 7 heteroatoms. The van der Waals surface area contributed by atoms with Gasteiger partial charge in [0.05, 0.1) is 26.5 Å². The molecule has 1 heterocycles. The monoisotopic (exact) mass is 331 g/mol. The number of nitrogens with one attached hydrogen (secondary N) is 2. The molecule has 0 fully saturated rings. The molecular weight excluding hydrogens is 306 g/mol. The van der Waals surface area contributed by atoms with E-state index in [4.69, 9.17) is 9.47 Å². The van der Waals surface area contributed by atoms with E-state index < -0.39 is 0 Å². The highest BCUT2D eigenvalue weighted by Crippen LogP contribution is 2.30. The van der Waals surface area contributed by atoms with Crippen LogP contribution >= 0.6 is 0 Å². The number of aromatic nitrogens is 2. The van der Waals surface area contributed by atoms with Crippen molar-refractivity contribution in [3.8, 4) is 11.5 Å². The van der Waals surface area contributed by atoms with Crippen molar-refractivity contribution in [2.75, 3.05) is 32.6 Å². The van der Waals surface area contributed by atoms with Crippen LogP contribution < -0.4 is 20.1 Å². The van der Waals surface area contributed by atoms with Crippen LogP contribution in [0.3, 0.4) is 0 Å². The summed E-state index contributed by atoms with van der Waals surface area (Å²) in [5, 5.41) is 10.8.